The number of hydrogen-bond acceptors (Lipinski definition) is 5. The zero-order chi connectivity index (χ0) is 22.5. The summed E-state index contributed by atoms with van der Waals surface area (Å²) in [5.41, 5.74) is 5.89. The smallest absolute Gasteiger partial charge is 0.119 e. The molecule has 1 unspecified atom stereocenters. The van der Waals surface area contributed by atoms with Gasteiger partial charge in [-0.1, -0.05) is 26.0 Å². The molecule has 0 bridgehead atoms. The number of aryl methyl sites for hydroxylation is 1. The van der Waals surface area contributed by atoms with Crippen molar-refractivity contribution in [1.82, 2.24) is 24.9 Å². The summed E-state index contributed by atoms with van der Waals surface area (Å²) in [4.78, 5) is 2.43. The van der Waals surface area contributed by atoms with Gasteiger partial charge in [-0.15, -0.1) is 0 Å². The summed E-state index contributed by atoms with van der Waals surface area (Å²) in [5, 5.41) is 12.2. The highest BCUT2D eigenvalue weighted by molar-refractivity contribution is 5.29. The zero-order valence-electron chi connectivity index (χ0n) is 19.7. The van der Waals surface area contributed by atoms with Gasteiger partial charge in [0.15, 0.2) is 0 Å². The van der Waals surface area contributed by atoms with Gasteiger partial charge in [0.25, 0.3) is 0 Å². The number of nitrogens with one attached hydrogen (secondary N) is 1. The highest BCUT2D eigenvalue weighted by atomic mass is 16.5. The third kappa shape index (κ3) is 5.40. The summed E-state index contributed by atoms with van der Waals surface area (Å²) in [6.45, 7) is 13.5. The molecule has 2 aromatic heterocycles. The SMILES string of the molecule is CCn1ncc(CN2CCOC(c3cc(CCOc4ccc(C(C)C)cc4)[nH]n3)C2)c1C. The minimum Gasteiger partial charge on any atom is -0.493 e. The zero-order valence-corrected chi connectivity index (χ0v) is 19.7. The number of aromatic amines is 1. The van der Waals surface area contributed by atoms with Crippen LogP contribution >= 0.6 is 0 Å². The Bertz CT molecular complexity index is 992. The number of benzene rings is 1. The number of rotatable bonds is 9. The molecule has 0 radical (unpaired) electrons. The summed E-state index contributed by atoms with van der Waals surface area (Å²) < 4.78 is 14.0. The van der Waals surface area contributed by atoms with E-state index in [0.717, 1.165) is 49.7 Å². The van der Waals surface area contributed by atoms with Gasteiger partial charge in [-0.05, 0) is 43.5 Å². The van der Waals surface area contributed by atoms with Crippen molar-refractivity contribution >= 4 is 0 Å². The van der Waals surface area contributed by atoms with E-state index in [1.165, 1.54) is 16.8 Å². The molecule has 3 aromatic rings. The predicted octanol–water partition coefficient (Wildman–Crippen LogP) is 4.25. The molecule has 7 nitrogen and oxygen atoms in total. The van der Waals surface area contributed by atoms with Gasteiger partial charge in [0.05, 0.1) is 25.1 Å². The lowest BCUT2D eigenvalue weighted by atomic mass is 10.0. The molecule has 1 N–H and O–H groups in total. The van der Waals surface area contributed by atoms with Gasteiger partial charge in [-0.25, -0.2) is 0 Å². The van der Waals surface area contributed by atoms with Gasteiger partial charge in [0, 0.05) is 49.6 Å². The van der Waals surface area contributed by atoms with Crippen molar-refractivity contribution in [2.45, 2.75) is 59.2 Å². The van der Waals surface area contributed by atoms with E-state index in [2.05, 4.69) is 66.1 Å². The van der Waals surface area contributed by atoms with Crippen LogP contribution in [0.5, 0.6) is 5.75 Å². The fourth-order valence-electron chi connectivity index (χ4n) is 4.13. The van der Waals surface area contributed by atoms with Crippen LogP contribution in [-0.2, 0) is 24.2 Å². The van der Waals surface area contributed by atoms with Crippen molar-refractivity contribution in [3.8, 4) is 5.75 Å². The molecule has 0 saturated carbocycles. The minimum atomic E-state index is -0.0141. The Kier molecular flexibility index (Phi) is 7.27. The monoisotopic (exact) mass is 437 g/mol. The predicted molar refractivity (Wildman–Crippen MR) is 125 cm³/mol. The molecule has 7 heteroatoms. The van der Waals surface area contributed by atoms with E-state index < -0.39 is 0 Å². The first kappa shape index (κ1) is 22.6. The average Bonchev–Trinajstić information content (AvgIpc) is 3.41. The van der Waals surface area contributed by atoms with E-state index in [9.17, 15) is 0 Å². The Balaban J connectivity index is 1.28. The topological polar surface area (TPSA) is 68.2 Å². The molecule has 1 atom stereocenters. The van der Waals surface area contributed by atoms with Gasteiger partial charge in [-0.2, -0.15) is 10.2 Å². The van der Waals surface area contributed by atoms with Gasteiger partial charge in [-0.3, -0.25) is 14.7 Å². The number of morpholine rings is 1. The Morgan fingerprint density at radius 1 is 1.25 bits per heavy atom. The minimum absolute atomic E-state index is 0.0141. The second-order valence-electron chi connectivity index (χ2n) is 8.81. The average molecular weight is 438 g/mol. The van der Waals surface area contributed by atoms with Crippen molar-refractivity contribution in [3.05, 3.63) is 64.7 Å². The van der Waals surface area contributed by atoms with Crippen LogP contribution in [0.3, 0.4) is 0 Å². The fourth-order valence-corrected chi connectivity index (χ4v) is 4.13. The molecule has 3 heterocycles. The molecule has 4 rings (SSSR count). The molecule has 1 aliphatic heterocycles. The quantitative estimate of drug-likeness (QED) is 0.542. The van der Waals surface area contributed by atoms with Crippen molar-refractivity contribution in [2.24, 2.45) is 0 Å². The third-order valence-corrected chi connectivity index (χ3v) is 6.22. The lowest BCUT2D eigenvalue weighted by Crippen LogP contribution is -2.38. The molecule has 32 heavy (non-hydrogen) atoms. The number of nitrogens with zero attached hydrogens (tertiary/aromatic N) is 4. The molecule has 0 amide bonds. The molecule has 0 aliphatic carbocycles. The van der Waals surface area contributed by atoms with Crippen molar-refractivity contribution < 1.29 is 9.47 Å². The van der Waals surface area contributed by atoms with Crippen LogP contribution < -0.4 is 4.74 Å². The van der Waals surface area contributed by atoms with Crippen LogP contribution in [0.25, 0.3) is 0 Å². The number of aromatic nitrogens is 4. The lowest BCUT2D eigenvalue weighted by Gasteiger charge is -2.32. The summed E-state index contributed by atoms with van der Waals surface area (Å²) in [6.07, 6.45) is 2.76. The number of H-pyrrole nitrogens is 1. The van der Waals surface area contributed by atoms with Crippen LogP contribution in [0, 0.1) is 6.92 Å². The van der Waals surface area contributed by atoms with Gasteiger partial charge < -0.3 is 9.47 Å². The van der Waals surface area contributed by atoms with Gasteiger partial charge in [0.1, 0.15) is 11.9 Å². The first-order valence-corrected chi connectivity index (χ1v) is 11.7. The van der Waals surface area contributed by atoms with Crippen LogP contribution in [-0.4, -0.2) is 51.2 Å². The van der Waals surface area contributed by atoms with Crippen LogP contribution in [0.15, 0.2) is 36.5 Å². The van der Waals surface area contributed by atoms with Gasteiger partial charge in [0.2, 0.25) is 0 Å². The van der Waals surface area contributed by atoms with E-state index in [4.69, 9.17) is 9.47 Å². The second kappa shape index (κ2) is 10.3. The van der Waals surface area contributed by atoms with E-state index in [0.29, 0.717) is 19.1 Å². The maximum atomic E-state index is 6.03. The Labute approximate surface area is 190 Å². The molecule has 1 aliphatic rings. The van der Waals surface area contributed by atoms with E-state index in [-0.39, 0.29) is 6.10 Å². The van der Waals surface area contributed by atoms with Gasteiger partial charge >= 0.3 is 0 Å². The molecule has 1 fully saturated rings. The third-order valence-electron chi connectivity index (χ3n) is 6.22. The van der Waals surface area contributed by atoms with Crippen LogP contribution in [0.2, 0.25) is 0 Å². The van der Waals surface area contributed by atoms with Crippen LogP contribution in [0.4, 0.5) is 0 Å². The van der Waals surface area contributed by atoms with Crippen molar-refractivity contribution in [3.63, 3.8) is 0 Å². The Morgan fingerprint density at radius 3 is 2.78 bits per heavy atom. The fraction of sp³-hybridized carbons (Fsp3) is 0.520. The maximum absolute atomic E-state index is 6.03. The number of hydrogen-bond donors (Lipinski definition) is 1. The van der Waals surface area contributed by atoms with E-state index in [1.807, 2.05) is 23.0 Å². The molecule has 1 aromatic carbocycles. The lowest BCUT2D eigenvalue weighted by molar-refractivity contribution is -0.0350. The van der Waals surface area contributed by atoms with Crippen LogP contribution in [0.1, 0.15) is 61.0 Å². The Morgan fingerprint density at radius 2 is 2.06 bits per heavy atom. The molecular weight excluding hydrogens is 402 g/mol. The standard InChI is InChI=1S/C25H35N5O2/c1-5-30-19(4)21(15-26-30)16-29-11-13-32-25(17-29)24-14-22(27-28-24)10-12-31-23-8-6-20(7-9-23)18(2)3/h6-9,14-15,18,25H,5,10-13,16-17H2,1-4H3,(H,27,28). The Hall–Kier alpha value is -2.64. The van der Waals surface area contributed by atoms with Crippen molar-refractivity contribution in [1.29, 1.82) is 0 Å². The first-order chi connectivity index (χ1) is 15.5. The second-order valence-corrected chi connectivity index (χ2v) is 8.81. The molecule has 172 valence electrons. The van der Waals surface area contributed by atoms with E-state index in [1.54, 1.807) is 0 Å². The molecule has 0 spiro atoms. The first-order valence-electron chi connectivity index (χ1n) is 11.7. The largest absolute Gasteiger partial charge is 0.493 e. The molecular formula is C25H35N5O2. The summed E-state index contributed by atoms with van der Waals surface area (Å²) in [5.74, 6) is 1.44. The highest BCUT2D eigenvalue weighted by Gasteiger charge is 2.25. The van der Waals surface area contributed by atoms with Crippen molar-refractivity contribution in [2.75, 3.05) is 26.3 Å². The maximum Gasteiger partial charge on any atom is 0.119 e. The summed E-state index contributed by atoms with van der Waals surface area (Å²) in [6, 6.07) is 10.5. The summed E-state index contributed by atoms with van der Waals surface area (Å²) in [7, 11) is 0. The van der Waals surface area contributed by atoms with E-state index >= 15 is 0 Å². The number of ether oxygens (including phenoxy) is 2. The normalized spacial score (nSPS) is 17.2. The summed E-state index contributed by atoms with van der Waals surface area (Å²) >= 11 is 0. The molecule has 1 saturated heterocycles. The highest BCUT2D eigenvalue weighted by Crippen LogP contribution is 2.23.